The van der Waals surface area contributed by atoms with Crippen LogP contribution in [0.15, 0.2) is 69.2 Å². The fourth-order valence-electron chi connectivity index (χ4n) is 1.71. The molecule has 2 nitrogen and oxygen atoms in total. The van der Waals surface area contributed by atoms with Crippen molar-refractivity contribution in [2.24, 2.45) is 0 Å². The van der Waals surface area contributed by atoms with Gasteiger partial charge in [0.05, 0.1) is 0 Å². The maximum atomic E-state index is 13.1. The molecule has 0 saturated heterocycles. The minimum Gasteiger partial charge on any atom is -0.351 e. The van der Waals surface area contributed by atoms with Crippen molar-refractivity contribution < 1.29 is 18.0 Å². The lowest BCUT2D eigenvalue weighted by atomic mass is 10.1. The van der Waals surface area contributed by atoms with Crippen molar-refractivity contribution in [3.63, 3.8) is 0 Å². The van der Waals surface area contributed by atoms with Gasteiger partial charge in [-0.3, -0.25) is 4.79 Å². The second-order valence-electron chi connectivity index (χ2n) is 4.56. The fraction of sp³-hybridized carbons (Fsp3) is 0.0625. The molecular weight excluding hydrogens is 439 g/mol. The Morgan fingerprint density at radius 2 is 1.39 bits per heavy atom. The first kappa shape index (κ1) is 17.7. The van der Waals surface area contributed by atoms with E-state index in [2.05, 4.69) is 37.2 Å². The van der Waals surface area contributed by atoms with E-state index in [1.54, 1.807) is 24.3 Å². The normalized spacial score (nSPS) is 12.1. The molecule has 0 aliphatic carbocycles. The van der Waals surface area contributed by atoms with Gasteiger partial charge in [0.2, 0.25) is 0 Å². The molecule has 0 radical (unpaired) electrons. The van der Waals surface area contributed by atoms with Gasteiger partial charge in [-0.2, -0.15) is 13.2 Å². The molecule has 0 heterocycles. The van der Waals surface area contributed by atoms with Gasteiger partial charge in [-0.1, -0.05) is 31.9 Å². The fourth-order valence-corrected chi connectivity index (χ4v) is 2.23. The third kappa shape index (κ3) is 5.21. The molecule has 1 N–H and O–H groups in total. The molecule has 120 valence electrons. The first-order chi connectivity index (χ1) is 10.8. The Kier molecular flexibility index (Phi) is 5.64. The van der Waals surface area contributed by atoms with Crippen LogP contribution in [0.3, 0.4) is 0 Å². The van der Waals surface area contributed by atoms with Gasteiger partial charge in [0, 0.05) is 26.3 Å². The van der Waals surface area contributed by atoms with Crippen LogP contribution < -0.4 is 5.32 Å². The van der Waals surface area contributed by atoms with E-state index < -0.39 is 17.7 Å². The number of benzene rings is 2. The summed E-state index contributed by atoms with van der Waals surface area (Å²) in [6.45, 7) is 0. The van der Waals surface area contributed by atoms with Gasteiger partial charge in [0.1, 0.15) is 5.70 Å². The first-order valence-electron chi connectivity index (χ1n) is 6.37. The molecule has 0 spiro atoms. The Bertz CT molecular complexity index is 722. The Hall–Kier alpha value is -1.60. The minimum absolute atomic E-state index is 0.174. The number of alkyl halides is 3. The van der Waals surface area contributed by atoms with Crippen LogP contribution in [-0.2, 0) is 0 Å². The molecule has 0 unspecified atom stereocenters. The first-order valence-corrected chi connectivity index (χ1v) is 7.96. The third-order valence-electron chi connectivity index (χ3n) is 2.83. The highest BCUT2D eigenvalue weighted by molar-refractivity contribution is 9.10. The van der Waals surface area contributed by atoms with Crippen molar-refractivity contribution in [3.05, 3.63) is 74.8 Å². The van der Waals surface area contributed by atoms with Crippen LogP contribution in [0.2, 0.25) is 0 Å². The summed E-state index contributed by atoms with van der Waals surface area (Å²) in [6.07, 6.45) is -4.11. The van der Waals surface area contributed by atoms with Gasteiger partial charge in [-0.05, 0) is 48.5 Å². The summed E-state index contributed by atoms with van der Waals surface area (Å²) in [4.78, 5) is 12.0. The lowest BCUT2D eigenvalue weighted by Crippen LogP contribution is -2.20. The number of hydrogen-bond acceptors (Lipinski definition) is 2. The maximum absolute atomic E-state index is 13.1. The third-order valence-corrected chi connectivity index (χ3v) is 3.89. The molecule has 0 amide bonds. The maximum Gasteiger partial charge on any atom is 0.431 e. The lowest BCUT2D eigenvalue weighted by Gasteiger charge is -2.14. The SMILES string of the molecule is O=C(/C=C(\Nc1ccc(Br)cc1)C(F)(F)F)c1ccc(Br)cc1. The minimum atomic E-state index is -4.67. The van der Waals surface area contributed by atoms with Crippen LogP contribution in [0.25, 0.3) is 0 Å². The van der Waals surface area contributed by atoms with Crippen LogP contribution in [0.5, 0.6) is 0 Å². The van der Waals surface area contributed by atoms with Gasteiger partial charge in [0.25, 0.3) is 0 Å². The van der Waals surface area contributed by atoms with Gasteiger partial charge in [0.15, 0.2) is 5.78 Å². The van der Waals surface area contributed by atoms with Gasteiger partial charge >= 0.3 is 6.18 Å². The quantitative estimate of drug-likeness (QED) is 0.462. The molecule has 0 aliphatic heterocycles. The monoisotopic (exact) mass is 447 g/mol. The topological polar surface area (TPSA) is 29.1 Å². The second-order valence-corrected chi connectivity index (χ2v) is 6.39. The summed E-state index contributed by atoms with van der Waals surface area (Å²) < 4.78 is 40.9. The molecule has 7 heteroatoms. The van der Waals surface area contributed by atoms with Crippen LogP contribution in [0.4, 0.5) is 18.9 Å². The van der Waals surface area contributed by atoms with Crippen molar-refractivity contribution >= 4 is 43.3 Å². The number of halogens is 5. The van der Waals surface area contributed by atoms with Gasteiger partial charge in [-0.25, -0.2) is 0 Å². The predicted octanol–water partition coefficient (Wildman–Crippen LogP) is 5.95. The molecule has 0 fully saturated rings. The number of carbonyl (C=O) groups is 1. The summed E-state index contributed by atoms with van der Waals surface area (Å²) >= 11 is 6.41. The molecule has 23 heavy (non-hydrogen) atoms. The summed E-state index contributed by atoms with van der Waals surface area (Å²) in [5, 5.41) is 2.24. The number of carbonyl (C=O) groups excluding carboxylic acids is 1. The van der Waals surface area contributed by atoms with E-state index in [1.807, 2.05) is 0 Å². The number of hydrogen-bond donors (Lipinski definition) is 1. The van der Waals surface area contributed by atoms with Crippen molar-refractivity contribution in [2.75, 3.05) is 5.32 Å². The van der Waals surface area contributed by atoms with Crippen molar-refractivity contribution in [3.8, 4) is 0 Å². The average molecular weight is 449 g/mol. The van der Waals surface area contributed by atoms with Crippen molar-refractivity contribution in [2.45, 2.75) is 6.18 Å². The van der Waals surface area contributed by atoms with E-state index in [0.717, 1.165) is 8.95 Å². The van der Waals surface area contributed by atoms with Crippen LogP contribution in [-0.4, -0.2) is 12.0 Å². The van der Waals surface area contributed by atoms with Gasteiger partial charge in [-0.15, -0.1) is 0 Å². The summed E-state index contributed by atoms with van der Waals surface area (Å²) in [7, 11) is 0. The molecule has 0 aromatic heterocycles. The number of allylic oxidation sites excluding steroid dienone is 2. The molecule has 2 rings (SSSR count). The highest BCUT2D eigenvalue weighted by Crippen LogP contribution is 2.28. The smallest absolute Gasteiger partial charge is 0.351 e. The van der Waals surface area contributed by atoms with E-state index in [4.69, 9.17) is 0 Å². The Labute approximate surface area is 147 Å². The van der Waals surface area contributed by atoms with Crippen molar-refractivity contribution in [1.29, 1.82) is 0 Å². The molecule has 0 saturated carbocycles. The molecular formula is C16H10Br2F3NO. The molecule has 2 aromatic rings. The highest BCUT2D eigenvalue weighted by atomic mass is 79.9. The molecule has 0 atom stereocenters. The zero-order valence-electron chi connectivity index (χ0n) is 11.5. The summed E-state index contributed by atoms with van der Waals surface area (Å²) in [6, 6.07) is 12.3. The highest BCUT2D eigenvalue weighted by Gasteiger charge is 2.34. The number of anilines is 1. The van der Waals surface area contributed by atoms with Crippen LogP contribution >= 0.6 is 31.9 Å². The van der Waals surface area contributed by atoms with Gasteiger partial charge < -0.3 is 5.32 Å². The molecule has 0 bridgehead atoms. The van der Waals surface area contributed by atoms with E-state index in [-0.39, 0.29) is 11.3 Å². The summed E-state index contributed by atoms with van der Waals surface area (Å²) in [5.41, 5.74) is -0.708. The molecule has 2 aromatic carbocycles. The largest absolute Gasteiger partial charge is 0.431 e. The van der Waals surface area contributed by atoms with Crippen LogP contribution in [0.1, 0.15) is 10.4 Å². The Morgan fingerprint density at radius 3 is 1.87 bits per heavy atom. The second kappa shape index (κ2) is 7.31. The zero-order chi connectivity index (χ0) is 17.0. The number of nitrogens with one attached hydrogen (secondary N) is 1. The number of ketones is 1. The summed E-state index contributed by atoms with van der Waals surface area (Å²) in [5.74, 6) is -0.727. The standard InChI is InChI=1S/C16H10Br2F3NO/c17-11-3-1-10(2-4-11)14(23)9-15(16(19,20)21)22-13-7-5-12(18)6-8-13/h1-9,22H/b15-9-. The average Bonchev–Trinajstić information content (AvgIpc) is 2.48. The van der Waals surface area contributed by atoms with E-state index in [1.165, 1.54) is 24.3 Å². The number of rotatable bonds is 4. The zero-order valence-corrected chi connectivity index (χ0v) is 14.7. The van der Waals surface area contributed by atoms with E-state index in [0.29, 0.717) is 6.08 Å². The van der Waals surface area contributed by atoms with E-state index >= 15 is 0 Å². The van der Waals surface area contributed by atoms with Crippen LogP contribution in [0, 0.1) is 0 Å². The Balaban J connectivity index is 2.29. The van der Waals surface area contributed by atoms with E-state index in [9.17, 15) is 18.0 Å². The lowest BCUT2D eigenvalue weighted by molar-refractivity contribution is -0.0903. The predicted molar refractivity (Wildman–Crippen MR) is 90.4 cm³/mol. The van der Waals surface area contributed by atoms with Crippen molar-refractivity contribution in [1.82, 2.24) is 0 Å². The molecule has 0 aliphatic rings. The Morgan fingerprint density at radius 1 is 0.913 bits per heavy atom.